The van der Waals surface area contributed by atoms with Crippen molar-refractivity contribution in [2.45, 2.75) is 4.90 Å². The van der Waals surface area contributed by atoms with E-state index in [9.17, 15) is 17.6 Å². The van der Waals surface area contributed by atoms with Gasteiger partial charge < -0.3 is 5.73 Å². The first-order valence-electron chi connectivity index (χ1n) is 5.67. The number of sulfonamides is 1. The summed E-state index contributed by atoms with van der Waals surface area (Å²) < 4.78 is 39.7. The average Bonchev–Trinajstić information content (AvgIpc) is 2.41. The molecule has 0 radical (unpaired) electrons. The van der Waals surface area contributed by atoms with Gasteiger partial charge in [0.25, 0.3) is 10.0 Å². The maximum absolute atomic E-state index is 13.2. The Morgan fingerprint density at radius 2 is 1.76 bits per heavy atom. The number of carbonyl (C=O) groups is 1. The number of nitrogens with one attached hydrogen (secondary N) is 1. The molecule has 0 aliphatic heterocycles. The summed E-state index contributed by atoms with van der Waals surface area (Å²) >= 11 is 5.77. The van der Waals surface area contributed by atoms with Gasteiger partial charge in [-0.2, -0.15) is 0 Å². The lowest BCUT2D eigenvalue weighted by molar-refractivity contribution is 0.100. The van der Waals surface area contributed by atoms with Crippen LogP contribution in [0.3, 0.4) is 0 Å². The van der Waals surface area contributed by atoms with Crippen LogP contribution in [0, 0.1) is 5.82 Å². The highest BCUT2D eigenvalue weighted by molar-refractivity contribution is 7.92. The second kappa shape index (κ2) is 5.71. The molecule has 2 aromatic rings. The Hall–Kier alpha value is -2.12. The molecule has 0 spiro atoms. The van der Waals surface area contributed by atoms with E-state index in [1.165, 1.54) is 24.3 Å². The summed E-state index contributed by atoms with van der Waals surface area (Å²) in [7, 11) is -4.04. The minimum atomic E-state index is -4.04. The highest BCUT2D eigenvalue weighted by Crippen LogP contribution is 2.24. The number of carbonyl (C=O) groups excluding carboxylic acids is 1. The van der Waals surface area contributed by atoms with Crippen molar-refractivity contribution >= 4 is 33.2 Å². The van der Waals surface area contributed by atoms with E-state index in [-0.39, 0.29) is 21.2 Å². The monoisotopic (exact) mass is 328 g/mol. The van der Waals surface area contributed by atoms with E-state index in [1.54, 1.807) is 0 Å². The smallest absolute Gasteiger partial charge is 0.263 e. The molecule has 0 atom stereocenters. The molecule has 0 aliphatic rings. The van der Waals surface area contributed by atoms with E-state index < -0.39 is 21.7 Å². The van der Waals surface area contributed by atoms with E-state index in [4.69, 9.17) is 17.3 Å². The molecule has 0 bridgehead atoms. The highest BCUT2D eigenvalue weighted by atomic mass is 35.5. The first kappa shape index (κ1) is 15.3. The third kappa shape index (κ3) is 3.50. The van der Waals surface area contributed by atoms with Gasteiger partial charge in [0.15, 0.2) is 0 Å². The fraction of sp³-hybridized carbons (Fsp3) is 0. The third-order valence-electron chi connectivity index (χ3n) is 2.60. The number of nitrogens with two attached hydrogens (primary N) is 1. The lowest BCUT2D eigenvalue weighted by Gasteiger charge is -2.09. The van der Waals surface area contributed by atoms with Crippen LogP contribution in [0.1, 0.15) is 10.4 Å². The summed E-state index contributed by atoms with van der Waals surface area (Å²) in [5, 5.41) is -0.0994. The molecule has 0 aliphatic carbocycles. The van der Waals surface area contributed by atoms with Gasteiger partial charge in [-0.25, -0.2) is 12.8 Å². The minimum Gasteiger partial charge on any atom is -0.366 e. The molecule has 0 saturated heterocycles. The molecule has 0 fully saturated rings. The lowest BCUT2D eigenvalue weighted by Crippen LogP contribution is -2.14. The van der Waals surface area contributed by atoms with Gasteiger partial charge in [0, 0.05) is 11.3 Å². The van der Waals surface area contributed by atoms with Gasteiger partial charge in [0.05, 0.1) is 5.02 Å². The predicted octanol–water partition coefficient (Wildman–Crippen LogP) is 2.38. The number of halogens is 2. The molecule has 0 saturated carbocycles. The van der Waals surface area contributed by atoms with Crippen LogP contribution < -0.4 is 10.5 Å². The summed E-state index contributed by atoms with van der Waals surface area (Å²) in [5.74, 6) is -1.35. The fourth-order valence-electron chi connectivity index (χ4n) is 1.60. The van der Waals surface area contributed by atoms with Gasteiger partial charge in [-0.1, -0.05) is 11.6 Å². The highest BCUT2D eigenvalue weighted by Gasteiger charge is 2.19. The molecule has 0 heterocycles. The Kier molecular flexibility index (Phi) is 4.15. The summed E-state index contributed by atoms with van der Waals surface area (Å²) in [6.07, 6.45) is 0. The zero-order valence-corrected chi connectivity index (χ0v) is 12.1. The quantitative estimate of drug-likeness (QED) is 0.903. The Labute approximate surface area is 125 Å². The van der Waals surface area contributed by atoms with E-state index in [0.717, 1.165) is 18.2 Å². The Balaban J connectivity index is 2.33. The zero-order chi connectivity index (χ0) is 15.6. The van der Waals surface area contributed by atoms with Crippen molar-refractivity contribution in [3.63, 3.8) is 0 Å². The zero-order valence-electron chi connectivity index (χ0n) is 10.5. The van der Waals surface area contributed by atoms with Gasteiger partial charge in [0.2, 0.25) is 5.91 Å². The summed E-state index contributed by atoms with van der Waals surface area (Å²) in [6.45, 7) is 0. The summed E-state index contributed by atoms with van der Waals surface area (Å²) in [6, 6.07) is 8.50. The second-order valence-corrected chi connectivity index (χ2v) is 6.18. The molecule has 110 valence electrons. The van der Waals surface area contributed by atoms with Crippen molar-refractivity contribution in [1.29, 1.82) is 0 Å². The van der Waals surface area contributed by atoms with Crippen molar-refractivity contribution in [2.24, 2.45) is 5.73 Å². The van der Waals surface area contributed by atoms with Crippen LogP contribution in [0.4, 0.5) is 10.1 Å². The van der Waals surface area contributed by atoms with E-state index in [2.05, 4.69) is 4.72 Å². The van der Waals surface area contributed by atoms with Gasteiger partial charge >= 0.3 is 0 Å². The molecule has 5 nitrogen and oxygen atoms in total. The van der Waals surface area contributed by atoms with Crippen LogP contribution in [0.2, 0.25) is 5.02 Å². The third-order valence-corrected chi connectivity index (χ3v) is 4.47. The van der Waals surface area contributed by atoms with E-state index in [0.29, 0.717) is 0 Å². The van der Waals surface area contributed by atoms with Gasteiger partial charge in [-0.05, 0) is 42.5 Å². The molecule has 2 rings (SSSR count). The molecular weight excluding hydrogens is 319 g/mol. The molecule has 1 amide bonds. The average molecular weight is 329 g/mol. The summed E-state index contributed by atoms with van der Waals surface area (Å²) in [5.41, 5.74) is 5.51. The SMILES string of the molecule is NC(=O)c1ccc(NS(=O)(=O)c2cc(F)ccc2Cl)cc1. The van der Waals surface area contributed by atoms with Crippen molar-refractivity contribution in [3.05, 3.63) is 58.9 Å². The van der Waals surface area contributed by atoms with Crippen LogP contribution >= 0.6 is 11.6 Å². The van der Waals surface area contributed by atoms with Crippen molar-refractivity contribution in [2.75, 3.05) is 4.72 Å². The first-order valence-corrected chi connectivity index (χ1v) is 7.53. The number of primary amides is 1. The Morgan fingerprint density at radius 3 is 2.33 bits per heavy atom. The topological polar surface area (TPSA) is 89.3 Å². The van der Waals surface area contributed by atoms with E-state index in [1.807, 2.05) is 0 Å². The van der Waals surface area contributed by atoms with Crippen LogP contribution in [-0.2, 0) is 10.0 Å². The molecule has 2 aromatic carbocycles. The van der Waals surface area contributed by atoms with Crippen LogP contribution in [0.25, 0.3) is 0 Å². The molecule has 0 aromatic heterocycles. The van der Waals surface area contributed by atoms with Crippen LogP contribution in [-0.4, -0.2) is 14.3 Å². The summed E-state index contributed by atoms with van der Waals surface area (Å²) in [4.78, 5) is 10.6. The normalized spacial score (nSPS) is 11.1. The Morgan fingerprint density at radius 1 is 1.14 bits per heavy atom. The molecule has 3 N–H and O–H groups in total. The molecule has 8 heteroatoms. The maximum atomic E-state index is 13.2. The minimum absolute atomic E-state index is 0.0994. The number of hydrogen-bond donors (Lipinski definition) is 2. The fourth-order valence-corrected chi connectivity index (χ4v) is 3.17. The molecule has 21 heavy (non-hydrogen) atoms. The second-order valence-electron chi connectivity index (χ2n) is 4.12. The standard InChI is InChI=1S/C13H10ClFN2O3S/c14-11-6-3-9(15)7-12(11)21(19,20)17-10-4-1-8(2-5-10)13(16)18/h1-7,17H,(H2,16,18). The van der Waals surface area contributed by atoms with E-state index >= 15 is 0 Å². The van der Waals surface area contributed by atoms with Crippen LogP contribution in [0.5, 0.6) is 0 Å². The largest absolute Gasteiger partial charge is 0.366 e. The molecular formula is C13H10ClFN2O3S. The lowest BCUT2D eigenvalue weighted by atomic mass is 10.2. The number of hydrogen-bond acceptors (Lipinski definition) is 3. The van der Waals surface area contributed by atoms with Gasteiger partial charge in [-0.3, -0.25) is 9.52 Å². The van der Waals surface area contributed by atoms with Crippen molar-refractivity contribution in [1.82, 2.24) is 0 Å². The van der Waals surface area contributed by atoms with Crippen LogP contribution in [0.15, 0.2) is 47.4 Å². The number of rotatable bonds is 4. The number of amides is 1. The van der Waals surface area contributed by atoms with Gasteiger partial charge in [-0.15, -0.1) is 0 Å². The number of anilines is 1. The van der Waals surface area contributed by atoms with Crippen molar-refractivity contribution < 1.29 is 17.6 Å². The first-order chi connectivity index (χ1) is 9.79. The Bertz CT molecular complexity index is 792. The predicted molar refractivity (Wildman–Crippen MR) is 77.2 cm³/mol. The number of benzene rings is 2. The maximum Gasteiger partial charge on any atom is 0.263 e. The van der Waals surface area contributed by atoms with Crippen molar-refractivity contribution in [3.8, 4) is 0 Å². The van der Waals surface area contributed by atoms with Gasteiger partial charge in [0.1, 0.15) is 10.7 Å². The molecule has 0 unspecified atom stereocenters.